The molecule has 2 aromatic rings. The van der Waals surface area contributed by atoms with E-state index in [4.69, 9.17) is 0 Å². The highest BCUT2D eigenvalue weighted by Crippen LogP contribution is 2.25. The van der Waals surface area contributed by atoms with E-state index < -0.39 is 0 Å². The van der Waals surface area contributed by atoms with Crippen LogP contribution in [0.5, 0.6) is 0 Å². The predicted octanol–water partition coefficient (Wildman–Crippen LogP) is 2.47. The molecule has 5 heteroatoms. The summed E-state index contributed by atoms with van der Waals surface area (Å²) in [5.41, 5.74) is 0. The molecule has 0 aliphatic rings. The van der Waals surface area contributed by atoms with Crippen molar-refractivity contribution in [3.05, 3.63) is 34.0 Å². The van der Waals surface area contributed by atoms with E-state index in [1.807, 2.05) is 23.1 Å². The van der Waals surface area contributed by atoms with Crippen LogP contribution in [0.1, 0.15) is 35.0 Å². The highest BCUT2D eigenvalue weighted by Gasteiger charge is 2.15. The fraction of sp³-hybridized carbons (Fsp3) is 0.538. The number of aryl methyl sites for hydroxylation is 2. The highest BCUT2D eigenvalue weighted by molar-refractivity contribution is 7.12. The molecule has 1 unspecified atom stereocenters. The minimum atomic E-state index is 0.339. The Morgan fingerprint density at radius 1 is 1.44 bits per heavy atom. The Morgan fingerprint density at radius 3 is 2.83 bits per heavy atom. The second kappa shape index (κ2) is 6.11. The molecular formula is C13H20N4S. The van der Waals surface area contributed by atoms with Crippen LogP contribution < -0.4 is 5.32 Å². The van der Waals surface area contributed by atoms with Crippen molar-refractivity contribution < 1.29 is 0 Å². The summed E-state index contributed by atoms with van der Waals surface area (Å²) in [6, 6.07) is 4.73. The first-order valence-corrected chi connectivity index (χ1v) is 7.15. The smallest absolute Gasteiger partial charge is 0.138 e. The van der Waals surface area contributed by atoms with Gasteiger partial charge >= 0.3 is 0 Å². The summed E-state index contributed by atoms with van der Waals surface area (Å²) >= 11 is 1.85. The molecule has 2 heterocycles. The van der Waals surface area contributed by atoms with Gasteiger partial charge in [-0.05, 0) is 32.0 Å². The van der Waals surface area contributed by atoms with E-state index in [2.05, 4.69) is 41.4 Å². The first kappa shape index (κ1) is 13.2. The zero-order chi connectivity index (χ0) is 13.0. The molecule has 4 nitrogen and oxygen atoms in total. The predicted molar refractivity (Wildman–Crippen MR) is 74.8 cm³/mol. The number of hydrogen-bond acceptors (Lipinski definition) is 4. The Labute approximate surface area is 112 Å². The Bertz CT molecular complexity index is 489. The van der Waals surface area contributed by atoms with Crippen molar-refractivity contribution in [2.45, 2.75) is 32.7 Å². The third-order valence-corrected chi connectivity index (χ3v) is 4.05. The van der Waals surface area contributed by atoms with Crippen molar-refractivity contribution in [3.8, 4) is 0 Å². The van der Waals surface area contributed by atoms with Crippen LogP contribution in [-0.2, 0) is 13.5 Å². The number of nitrogens with zero attached hydrogens (tertiary/aromatic N) is 3. The van der Waals surface area contributed by atoms with Gasteiger partial charge in [0.15, 0.2) is 0 Å². The first-order chi connectivity index (χ1) is 8.70. The summed E-state index contributed by atoms with van der Waals surface area (Å²) in [5, 5.41) is 7.72. The van der Waals surface area contributed by atoms with Gasteiger partial charge in [0.25, 0.3) is 0 Å². The van der Waals surface area contributed by atoms with Crippen molar-refractivity contribution >= 4 is 11.3 Å². The van der Waals surface area contributed by atoms with Crippen LogP contribution in [0.3, 0.4) is 0 Å². The maximum atomic E-state index is 4.31. The van der Waals surface area contributed by atoms with Gasteiger partial charge in [0.05, 0.1) is 0 Å². The quantitative estimate of drug-likeness (QED) is 0.871. The van der Waals surface area contributed by atoms with Gasteiger partial charge in [0.2, 0.25) is 0 Å². The molecule has 0 aliphatic heterocycles. The number of thiophene rings is 1. The van der Waals surface area contributed by atoms with Crippen LogP contribution in [0, 0.1) is 6.92 Å². The van der Waals surface area contributed by atoms with Crippen molar-refractivity contribution in [2.75, 3.05) is 6.54 Å². The SMILES string of the molecule is CCCNC(Cc1ncnn1C)c1ccc(C)s1. The van der Waals surface area contributed by atoms with Crippen molar-refractivity contribution in [2.24, 2.45) is 7.05 Å². The number of rotatable bonds is 6. The molecule has 0 radical (unpaired) electrons. The van der Waals surface area contributed by atoms with Gasteiger partial charge in [0.1, 0.15) is 12.2 Å². The zero-order valence-electron chi connectivity index (χ0n) is 11.2. The first-order valence-electron chi connectivity index (χ1n) is 6.33. The van der Waals surface area contributed by atoms with E-state index in [1.165, 1.54) is 9.75 Å². The van der Waals surface area contributed by atoms with Crippen molar-refractivity contribution in [1.82, 2.24) is 20.1 Å². The van der Waals surface area contributed by atoms with Gasteiger partial charge in [-0.1, -0.05) is 6.92 Å². The van der Waals surface area contributed by atoms with Crippen molar-refractivity contribution in [1.29, 1.82) is 0 Å². The normalized spacial score (nSPS) is 12.8. The third kappa shape index (κ3) is 3.17. The Balaban J connectivity index is 2.12. The van der Waals surface area contributed by atoms with Crippen LogP contribution in [-0.4, -0.2) is 21.3 Å². The average Bonchev–Trinajstić information content (AvgIpc) is 2.94. The molecule has 0 aromatic carbocycles. The summed E-state index contributed by atoms with van der Waals surface area (Å²) in [6.45, 7) is 5.36. The molecule has 18 heavy (non-hydrogen) atoms. The van der Waals surface area contributed by atoms with E-state index >= 15 is 0 Å². The summed E-state index contributed by atoms with van der Waals surface area (Å²) in [5.74, 6) is 1.02. The fourth-order valence-corrected chi connectivity index (χ4v) is 2.87. The van der Waals surface area contributed by atoms with Gasteiger partial charge in [-0.3, -0.25) is 4.68 Å². The number of nitrogens with one attached hydrogen (secondary N) is 1. The molecule has 0 spiro atoms. The molecule has 2 rings (SSSR count). The molecular weight excluding hydrogens is 244 g/mol. The van der Waals surface area contributed by atoms with Crippen LogP contribution >= 0.6 is 11.3 Å². The highest BCUT2D eigenvalue weighted by atomic mass is 32.1. The molecule has 1 atom stereocenters. The minimum absolute atomic E-state index is 0.339. The Hall–Kier alpha value is -1.20. The molecule has 0 amide bonds. The topological polar surface area (TPSA) is 42.7 Å². The summed E-state index contributed by atoms with van der Waals surface area (Å²) < 4.78 is 1.85. The van der Waals surface area contributed by atoms with Crippen LogP contribution in [0.4, 0.5) is 0 Å². The lowest BCUT2D eigenvalue weighted by molar-refractivity contribution is 0.513. The number of hydrogen-bond donors (Lipinski definition) is 1. The van der Waals surface area contributed by atoms with E-state index in [0.717, 1.165) is 25.2 Å². The van der Waals surface area contributed by atoms with Gasteiger partial charge in [-0.15, -0.1) is 11.3 Å². The van der Waals surface area contributed by atoms with Crippen LogP contribution in [0.25, 0.3) is 0 Å². The molecule has 98 valence electrons. The molecule has 0 fully saturated rings. The van der Waals surface area contributed by atoms with E-state index in [-0.39, 0.29) is 0 Å². The molecule has 0 saturated carbocycles. The molecule has 1 N–H and O–H groups in total. The van der Waals surface area contributed by atoms with Gasteiger partial charge in [-0.25, -0.2) is 4.98 Å². The van der Waals surface area contributed by atoms with Gasteiger partial charge in [0, 0.05) is 29.3 Å². The fourth-order valence-electron chi connectivity index (χ4n) is 1.92. The molecule has 0 saturated heterocycles. The minimum Gasteiger partial charge on any atom is -0.309 e. The second-order valence-corrected chi connectivity index (χ2v) is 5.78. The summed E-state index contributed by atoms with van der Waals surface area (Å²) in [7, 11) is 1.94. The Morgan fingerprint density at radius 2 is 2.28 bits per heavy atom. The average molecular weight is 264 g/mol. The molecule has 0 aliphatic carbocycles. The van der Waals surface area contributed by atoms with Crippen LogP contribution in [0.15, 0.2) is 18.5 Å². The van der Waals surface area contributed by atoms with E-state index in [1.54, 1.807) is 6.33 Å². The molecule has 2 aromatic heterocycles. The Kier molecular flexibility index (Phi) is 4.49. The van der Waals surface area contributed by atoms with E-state index in [9.17, 15) is 0 Å². The second-order valence-electron chi connectivity index (χ2n) is 4.46. The maximum absolute atomic E-state index is 4.31. The third-order valence-electron chi connectivity index (χ3n) is 2.94. The van der Waals surface area contributed by atoms with E-state index in [0.29, 0.717) is 6.04 Å². The standard InChI is InChI=1S/C13H20N4S/c1-4-7-14-11(12-6-5-10(2)18-12)8-13-15-9-16-17(13)3/h5-6,9,11,14H,4,7-8H2,1-3H3. The lowest BCUT2D eigenvalue weighted by Gasteiger charge is -2.16. The lowest BCUT2D eigenvalue weighted by atomic mass is 10.1. The summed E-state index contributed by atoms with van der Waals surface area (Å²) in [4.78, 5) is 7.04. The summed E-state index contributed by atoms with van der Waals surface area (Å²) in [6.07, 6.45) is 3.64. The van der Waals surface area contributed by atoms with Crippen LogP contribution in [0.2, 0.25) is 0 Å². The molecule has 0 bridgehead atoms. The van der Waals surface area contributed by atoms with Gasteiger partial charge < -0.3 is 5.32 Å². The number of aromatic nitrogens is 3. The van der Waals surface area contributed by atoms with Crippen molar-refractivity contribution in [3.63, 3.8) is 0 Å². The monoisotopic (exact) mass is 264 g/mol. The van der Waals surface area contributed by atoms with Gasteiger partial charge in [-0.2, -0.15) is 5.10 Å². The largest absolute Gasteiger partial charge is 0.309 e. The maximum Gasteiger partial charge on any atom is 0.138 e. The zero-order valence-corrected chi connectivity index (χ0v) is 12.0. The lowest BCUT2D eigenvalue weighted by Crippen LogP contribution is -2.24.